The molecule has 7 rings (SSSR count). The first kappa shape index (κ1) is 24.7. The van der Waals surface area contributed by atoms with Gasteiger partial charge in [-0.3, -0.25) is 0 Å². The van der Waals surface area contributed by atoms with Crippen molar-refractivity contribution < 1.29 is 4.39 Å². The van der Waals surface area contributed by atoms with E-state index in [9.17, 15) is 4.39 Å². The Bertz CT molecular complexity index is 1670. The van der Waals surface area contributed by atoms with Gasteiger partial charge in [-0.25, -0.2) is 23.9 Å². The predicted molar refractivity (Wildman–Crippen MR) is 155 cm³/mol. The molecule has 9 heteroatoms. The first-order valence-corrected chi connectivity index (χ1v) is 13.9. The van der Waals surface area contributed by atoms with Gasteiger partial charge in [0.2, 0.25) is 0 Å². The van der Waals surface area contributed by atoms with Crippen LogP contribution in [0.3, 0.4) is 0 Å². The monoisotopic (exact) mass is 534 g/mol. The van der Waals surface area contributed by atoms with Gasteiger partial charge in [0.05, 0.1) is 23.6 Å². The Morgan fingerprint density at radius 3 is 2.67 bits per heavy atom. The molecule has 202 valence electrons. The molecule has 1 aromatic carbocycles. The normalized spacial score (nSPS) is 19.1. The van der Waals surface area contributed by atoms with Crippen molar-refractivity contribution in [3.05, 3.63) is 90.5 Å². The quantitative estimate of drug-likeness (QED) is 0.324. The number of hydrogen-bond acceptors (Lipinski definition) is 7. The minimum atomic E-state index is -0.209. The molecule has 8 nitrogen and oxygen atoms in total. The van der Waals surface area contributed by atoms with Crippen LogP contribution in [0, 0.1) is 5.82 Å². The third-order valence-corrected chi connectivity index (χ3v) is 8.10. The summed E-state index contributed by atoms with van der Waals surface area (Å²) in [6.45, 7) is 2.81. The molecule has 1 N–H and O–H groups in total. The second-order valence-electron chi connectivity index (χ2n) is 10.5. The number of likely N-dealkylation sites (N-methyl/N-ethyl adjacent to an activating group) is 1. The van der Waals surface area contributed by atoms with Crippen molar-refractivity contribution in [1.82, 2.24) is 29.9 Å². The Balaban J connectivity index is 1.20. The Hall–Kier alpha value is -4.37. The molecule has 2 fully saturated rings. The van der Waals surface area contributed by atoms with Crippen LogP contribution < -0.4 is 15.1 Å². The standard InChI is InChI=1S/C31H31FN8/c1-33-24-13-16-38(20-24)31-18-21(12-14-34-31)25-7-3-8-26(36-25)28-19-35-29-10-11-30(37-40(28)29)39-15-4-9-27(39)22-5-2-6-23(32)17-22/h2-3,5-8,10-12,14,17-19,24,27,33H,4,9,13,15-16,20H2,1H3/t24?,27-/m1/s1. The number of nitrogens with zero attached hydrogens (tertiary/aromatic N) is 7. The maximum atomic E-state index is 14.0. The van der Waals surface area contributed by atoms with Crippen molar-refractivity contribution in [3.8, 4) is 22.6 Å². The largest absolute Gasteiger partial charge is 0.355 e. The lowest BCUT2D eigenvalue weighted by atomic mass is 10.0. The van der Waals surface area contributed by atoms with Crippen LogP contribution in [-0.4, -0.2) is 57.3 Å². The molecule has 4 aromatic heterocycles. The number of pyridine rings is 2. The third kappa shape index (κ3) is 4.56. The Kier molecular flexibility index (Phi) is 6.36. The number of rotatable bonds is 6. The zero-order valence-electron chi connectivity index (χ0n) is 22.4. The van der Waals surface area contributed by atoms with Crippen LogP contribution >= 0.6 is 0 Å². The lowest BCUT2D eigenvalue weighted by Gasteiger charge is -2.26. The molecule has 0 spiro atoms. The molecule has 0 saturated carbocycles. The van der Waals surface area contributed by atoms with Gasteiger partial charge in [0.1, 0.15) is 23.1 Å². The fourth-order valence-corrected chi connectivity index (χ4v) is 5.99. The molecule has 2 atom stereocenters. The molecule has 0 aliphatic carbocycles. The molecule has 6 heterocycles. The summed E-state index contributed by atoms with van der Waals surface area (Å²) in [7, 11) is 2.01. The van der Waals surface area contributed by atoms with E-state index < -0.39 is 0 Å². The molecule has 40 heavy (non-hydrogen) atoms. The first-order chi connectivity index (χ1) is 19.7. The van der Waals surface area contributed by atoms with Crippen molar-refractivity contribution in [2.24, 2.45) is 0 Å². The van der Waals surface area contributed by atoms with E-state index >= 15 is 0 Å². The number of aromatic nitrogens is 5. The third-order valence-electron chi connectivity index (χ3n) is 8.10. The zero-order chi connectivity index (χ0) is 27.1. The van der Waals surface area contributed by atoms with Crippen LogP contribution in [0.25, 0.3) is 28.3 Å². The highest BCUT2D eigenvalue weighted by Crippen LogP contribution is 2.36. The molecule has 5 aromatic rings. The number of halogens is 1. The van der Waals surface area contributed by atoms with Gasteiger partial charge < -0.3 is 15.1 Å². The molecule has 1 unspecified atom stereocenters. The van der Waals surface area contributed by atoms with Crippen molar-refractivity contribution in [2.75, 3.05) is 36.5 Å². The number of anilines is 2. The van der Waals surface area contributed by atoms with Crippen LogP contribution in [0.5, 0.6) is 0 Å². The SMILES string of the molecule is CNC1CCN(c2cc(-c3cccc(-c4cnc5ccc(N6CCC[C@@H]6c6cccc(F)c6)nn45)n3)ccn2)C1. The van der Waals surface area contributed by atoms with E-state index in [0.29, 0.717) is 6.04 Å². The van der Waals surface area contributed by atoms with E-state index in [1.807, 2.05) is 66.4 Å². The number of benzene rings is 1. The second kappa shape index (κ2) is 10.3. The van der Waals surface area contributed by atoms with Gasteiger partial charge in [-0.2, -0.15) is 0 Å². The highest BCUT2D eigenvalue weighted by molar-refractivity contribution is 5.68. The lowest BCUT2D eigenvalue weighted by Crippen LogP contribution is -2.29. The van der Waals surface area contributed by atoms with Gasteiger partial charge in [0.25, 0.3) is 0 Å². The minimum Gasteiger partial charge on any atom is -0.355 e. The maximum Gasteiger partial charge on any atom is 0.154 e. The molecule has 0 bridgehead atoms. The van der Waals surface area contributed by atoms with Crippen LogP contribution in [-0.2, 0) is 0 Å². The molecule has 2 saturated heterocycles. The van der Waals surface area contributed by atoms with E-state index in [1.54, 1.807) is 12.1 Å². The van der Waals surface area contributed by atoms with Crippen molar-refractivity contribution in [2.45, 2.75) is 31.3 Å². The Morgan fingerprint density at radius 2 is 1.80 bits per heavy atom. The summed E-state index contributed by atoms with van der Waals surface area (Å²) in [4.78, 5) is 18.8. The fraction of sp³-hybridized carbons (Fsp3) is 0.290. The summed E-state index contributed by atoms with van der Waals surface area (Å²) in [6.07, 6.45) is 6.79. The maximum absolute atomic E-state index is 14.0. The van der Waals surface area contributed by atoms with Gasteiger partial charge >= 0.3 is 0 Å². The predicted octanol–water partition coefficient (Wildman–Crippen LogP) is 5.13. The van der Waals surface area contributed by atoms with E-state index in [4.69, 9.17) is 10.1 Å². The smallest absolute Gasteiger partial charge is 0.154 e. The molecule has 2 aliphatic heterocycles. The number of nitrogens with one attached hydrogen (secondary N) is 1. The summed E-state index contributed by atoms with van der Waals surface area (Å²) < 4.78 is 15.8. The van der Waals surface area contributed by atoms with E-state index in [0.717, 1.165) is 84.4 Å². The van der Waals surface area contributed by atoms with Crippen molar-refractivity contribution in [3.63, 3.8) is 0 Å². The Morgan fingerprint density at radius 1 is 0.900 bits per heavy atom. The van der Waals surface area contributed by atoms with Gasteiger partial charge in [0.15, 0.2) is 5.65 Å². The van der Waals surface area contributed by atoms with Crippen LogP contribution in [0.4, 0.5) is 16.0 Å². The topological polar surface area (TPSA) is 74.5 Å². The zero-order valence-corrected chi connectivity index (χ0v) is 22.4. The highest BCUT2D eigenvalue weighted by atomic mass is 19.1. The molecule has 0 amide bonds. The van der Waals surface area contributed by atoms with Gasteiger partial charge in [0, 0.05) is 37.4 Å². The molecular formula is C31H31FN8. The summed E-state index contributed by atoms with van der Waals surface area (Å²) in [5, 5.41) is 8.37. The van der Waals surface area contributed by atoms with Crippen LogP contribution in [0.15, 0.2) is 79.1 Å². The molecule has 0 radical (unpaired) electrons. The number of fused-ring (bicyclic) bond motifs is 1. The van der Waals surface area contributed by atoms with E-state index in [1.165, 1.54) is 6.07 Å². The van der Waals surface area contributed by atoms with E-state index in [2.05, 4.69) is 31.2 Å². The summed E-state index contributed by atoms with van der Waals surface area (Å²) in [5.41, 5.74) is 5.26. The van der Waals surface area contributed by atoms with Gasteiger partial charge in [-0.15, -0.1) is 5.10 Å². The van der Waals surface area contributed by atoms with E-state index in [-0.39, 0.29) is 11.9 Å². The van der Waals surface area contributed by atoms with Crippen molar-refractivity contribution in [1.29, 1.82) is 0 Å². The van der Waals surface area contributed by atoms with Crippen molar-refractivity contribution >= 4 is 17.3 Å². The second-order valence-corrected chi connectivity index (χ2v) is 10.5. The average Bonchev–Trinajstić information content (AvgIpc) is 3.77. The number of imidazole rings is 1. The Labute approximate surface area is 232 Å². The minimum absolute atomic E-state index is 0.0916. The molecular weight excluding hydrogens is 503 g/mol. The first-order valence-electron chi connectivity index (χ1n) is 13.9. The fourth-order valence-electron chi connectivity index (χ4n) is 5.99. The highest BCUT2D eigenvalue weighted by Gasteiger charge is 2.28. The molecule has 2 aliphatic rings. The van der Waals surface area contributed by atoms with Crippen LogP contribution in [0.2, 0.25) is 0 Å². The van der Waals surface area contributed by atoms with Gasteiger partial charge in [-0.05, 0) is 80.4 Å². The summed E-state index contributed by atoms with van der Waals surface area (Å²) in [6, 6.07) is 21.6. The van der Waals surface area contributed by atoms with Gasteiger partial charge in [-0.1, -0.05) is 18.2 Å². The van der Waals surface area contributed by atoms with Crippen LogP contribution in [0.1, 0.15) is 30.9 Å². The summed E-state index contributed by atoms with van der Waals surface area (Å²) >= 11 is 0. The summed E-state index contributed by atoms with van der Waals surface area (Å²) in [5.74, 6) is 1.61. The average molecular weight is 535 g/mol. The number of hydrogen-bond donors (Lipinski definition) is 1. The lowest BCUT2D eigenvalue weighted by molar-refractivity contribution is 0.616.